The van der Waals surface area contributed by atoms with Gasteiger partial charge in [-0.05, 0) is 52.7 Å². The minimum Gasteiger partial charge on any atom is -0.497 e. The van der Waals surface area contributed by atoms with Crippen molar-refractivity contribution < 1.29 is 19.1 Å². The van der Waals surface area contributed by atoms with Crippen LogP contribution in [-0.4, -0.2) is 19.0 Å². The van der Waals surface area contributed by atoms with Crippen LogP contribution in [0.2, 0.25) is 0 Å². The number of anilines is 1. The average Bonchev–Trinajstić information content (AvgIpc) is 2.83. The average molecular weight is 411 g/mol. The predicted molar refractivity (Wildman–Crippen MR) is 120 cm³/mol. The molecule has 0 spiro atoms. The fraction of sp³-hybridized carbons (Fsp3) is 0.0769. The molecule has 4 aromatic carbocycles. The van der Waals surface area contributed by atoms with E-state index in [1.54, 1.807) is 55.6 Å². The van der Waals surface area contributed by atoms with Gasteiger partial charge in [-0.15, -0.1) is 0 Å². The Balaban J connectivity index is 1.49. The molecule has 0 aliphatic heterocycles. The molecule has 0 aliphatic rings. The van der Waals surface area contributed by atoms with Gasteiger partial charge in [-0.25, -0.2) is 4.79 Å². The molecule has 31 heavy (non-hydrogen) atoms. The van der Waals surface area contributed by atoms with Crippen LogP contribution < -0.4 is 10.1 Å². The Morgan fingerprint density at radius 3 is 2.32 bits per heavy atom. The van der Waals surface area contributed by atoms with Crippen LogP contribution in [0.1, 0.15) is 26.3 Å². The second-order valence-corrected chi connectivity index (χ2v) is 6.94. The van der Waals surface area contributed by atoms with Gasteiger partial charge in [0.25, 0.3) is 5.91 Å². The van der Waals surface area contributed by atoms with Crippen molar-refractivity contribution in [1.82, 2.24) is 0 Å². The van der Waals surface area contributed by atoms with Crippen molar-refractivity contribution in [2.24, 2.45) is 0 Å². The van der Waals surface area contributed by atoms with Gasteiger partial charge in [-0.3, -0.25) is 4.79 Å². The fourth-order valence-corrected chi connectivity index (χ4v) is 3.35. The summed E-state index contributed by atoms with van der Waals surface area (Å²) < 4.78 is 10.7. The highest BCUT2D eigenvalue weighted by atomic mass is 16.5. The third kappa shape index (κ3) is 4.56. The molecular weight excluding hydrogens is 390 g/mol. The van der Waals surface area contributed by atoms with Crippen molar-refractivity contribution >= 4 is 28.3 Å². The standard InChI is InChI=1S/C26H21NO4/c1-30-21-15-13-19(14-16-21)25(28)27-24-12-5-4-11-23(24)26(29)31-17-20-9-6-8-18-7-2-3-10-22(18)20/h2-16H,17H2,1H3,(H,27,28). The number of para-hydroxylation sites is 1. The first-order chi connectivity index (χ1) is 15.2. The Bertz CT molecular complexity index is 1230. The maximum atomic E-state index is 12.8. The van der Waals surface area contributed by atoms with Crippen LogP contribution in [0.15, 0.2) is 91.0 Å². The monoisotopic (exact) mass is 411 g/mol. The molecular formula is C26H21NO4. The summed E-state index contributed by atoms with van der Waals surface area (Å²) in [6.45, 7) is 0.140. The number of carbonyl (C=O) groups excluding carboxylic acids is 2. The second kappa shape index (κ2) is 9.13. The number of rotatable bonds is 6. The molecule has 0 heterocycles. The van der Waals surface area contributed by atoms with Gasteiger partial charge in [0, 0.05) is 5.56 Å². The minimum absolute atomic E-state index is 0.140. The Kier molecular flexibility index (Phi) is 5.94. The number of hydrogen-bond acceptors (Lipinski definition) is 4. The molecule has 0 fully saturated rings. The van der Waals surface area contributed by atoms with E-state index in [1.807, 2.05) is 42.5 Å². The molecule has 4 rings (SSSR count). The Labute approximate surface area is 180 Å². The molecule has 0 aliphatic carbocycles. The van der Waals surface area contributed by atoms with Gasteiger partial charge < -0.3 is 14.8 Å². The van der Waals surface area contributed by atoms with E-state index in [-0.39, 0.29) is 12.5 Å². The highest BCUT2D eigenvalue weighted by Crippen LogP contribution is 2.22. The first-order valence-corrected chi connectivity index (χ1v) is 9.84. The number of hydrogen-bond donors (Lipinski definition) is 1. The van der Waals surface area contributed by atoms with E-state index in [2.05, 4.69) is 5.32 Å². The number of benzene rings is 4. The molecule has 5 heteroatoms. The molecule has 4 aromatic rings. The summed E-state index contributed by atoms with van der Waals surface area (Å²) in [5, 5.41) is 4.92. The first-order valence-electron chi connectivity index (χ1n) is 9.84. The van der Waals surface area contributed by atoms with Crippen molar-refractivity contribution in [2.45, 2.75) is 6.61 Å². The van der Waals surface area contributed by atoms with Gasteiger partial charge in [0.15, 0.2) is 0 Å². The minimum atomic E-state index is -0.501. The van der Waals surface area contributed by atoms with Crippen LogP contribution >= 0.6 is 0 Å². The zero-order valence-electron chi connectivity index (χ0n) is 17.0. The number of amides is 1. The number of esters is 1. The van der Waals surface area contributed by atoms with E-state index in [9.17, 15) is 9.59 Å². The molecule has 0 saturated carbocycles. The highest BCUT2D eigenvalue weighted by Gasteiger charge is 2.16. The molecule has 0 saturated heterocycles. The van der Waals surface area contributed by atoms with Crippen LogP contribution in [0.5, 0.6) is 5.75 Å². The first kappa shape index (κ1) is 20.2. The van der Waals surface area contributed by atoms with Gasteiger partial charge in [0.1, 0.15) is 12.4 Å². The summed E-state index contributed by atoms with van der Waals surface area (Å²) >= 11 is 0. The van der Waals surface area contributed by atoms with Gasteiger partial charge in [0.2, 0.25) is 0 Å². The van der Waals surface area contributed by atoms with E-state index in [4.69, 9.17) is 9.47 Å². The number of fused-ring (bicyclic) bond motifs is 1. The van der Waals surface area contributed by atoms with E-state index in [1.165, 1.54) is 0 Å². The Morgan fingerprint density at radius 2 is 1.52 bits per heavy atom. The molecule has 154 valence electrons. The summed E-state index contributed by atoms with van der Waals surface area (Å²) in [6.07, 6.45) is 0. The van der Waals surface area contributed by atoms with E-state index < -0.39 is 5.97 Å². The van der Waals surface area contributed by atoms with Crippen LogP contribution in [-0.2, 0) is 11.3 Å². The van der Waals surface area contributed by atoms with E-state index in [0.717, 1.165) is 16.3 Å². The fourth-order valence-electron chi connectivity index (χ4n) is 3.35. The molecule has 1 N–H and O–H groups in total. The molecule has 0 unspecified atom stereocenters. The van der Waals surface area contributed by atoms with Crippen molar-refractivity contribution in [3.05, 3.63) is 108 Å². The van der Waals surface area contributed by atoms with Crippen LogP contribution in [0.4, 0.5) is 5.69 Å². The van der Waals surface area contributed by atoms with Crippen LogP contribution in [0.25, 0.3) is 10.8 Å². The summed E-state index contributed by atoms with van der Waals surface area (Å²) in [5.74, 6) is -0.163. The lowest BCUT2D eigenvalue weighted by Crippen LogP contribution is -2.16. The SMILES string of the molecule is COc1ccc(C(=O)Nc2ccccc2C(=O)OCc2cccc3ccccc23)cc1. The molecule has 5 nitrogen and oxygen atoms in total. The highest BCUT2D eigenvalue weighted by molar-refractivity contribution is 6.08. The second-order valence-electron chi connectivity index (χ2n) is 6.94. The van der Waals surface area contributed by atoms with Crippen molar-refractivity contribution in [3.8, 4) is 5.75 Å². The zero-order valence-corrected chi connectivity index (χ0v) is 17.0. The number of methoxy groups -OCH3 is 1. The maximum absolute atomic E-state index is 12.8. The third-order valence-electron chi connectivity index (χ3n) is 4.99. The summed E-state index contributed by atoms with van der Waals surface area (Å²) in [5.41, 5.74) is 2.07. The number of ether oxygens (including phenoxy) is 2. The van der Waals surface area contributed by atoms with Crippen molar-refractivity contribution in [2.75, 3.05) is 12.4 Å². The molecule has 0 atom stereocenters. The lowest BCUT2D eigenvalue weighted by Gasteiger charge is -2.12. The molecule has 0 radical (unpaired) electrons. The van der Waals surface area contributed by atoms with Gasteiger partial charge in [-0.1, -0.05) is 54.6 Å². The number of carbonyl (C=O) groups is 2. The lowest BCUT2D eigenvalue weighted by atomic mass is 10.1. The molecule has 1 amide bonds. The lowest BCUT2D eigenvalue weighted by molar-refractivity contribution is 0.0475. The summed E-state index contributed by atoms with van der Waals surface area (Å²) in [7, 11) is 1.56. The third-order valence-corrected chi connectivity index (χ3v) is 4.99. The van der Waals surface area contributed by atoms with Gasteiger partial charge in [-0.2, -0.15) is 0 Å². The van der Waals surface area contributed by atoms with E-state index in [0.29, 0.717) is 22.6 Å². The summed E-state index contributed by atoms with van der Waals surface area (Å²) in [6, 6.07) is 27.4. The van der Waals surface area contributed by atoms with E-state index >= 15 is 0 Å². The Hall–Kier alpha value is -4.12. The van der Waals surface area contributed by atoms with Gasteiger partial charge in [0.05, 0.1) is 18.4 Å². The van der Waals surface area contributed by atoms with Crippen molar-refractivity contribution in [1.29, 1.82) is 0 Å². The molecule has 0 bridgehead atoms. The smallest absolute Gasteiger partial charge is 0.340 e. The zero-order chi connectivity index (χ0) is 21.6. The van der Waals surface area contributed by atoms with Crippen LogP contribution in [0, 0.1) is 0 Å². The van der Waals surface area contributed by atoms with Gasteiger partial charge >= 0.3 is 5.97 Å². The van der Waals surface area contributed by atoms with Crippen LogP contribution in [0.3, 0.4) is 0 Å². The Morgan fingerprint density at radius 1 is 0.806 bits per heavy atom. The largest absolute Gasteiger partial charge is 0.497 e. The van der Waals surface area contributed by atoms with Crippen molar-refractivity contribution in [3.63, 3.8) is 0 Å². The summed E-state index contributed by atoms with van der Waals surface area (Å²) in [4.78, 5) is 25.4. The quantitative estimate of drug-likeness (QED) is 0.428. The predicted octanol–water partition coefficient (Wildman–Crippen LogP) is 5.46. The normalized spacial score (nSPS) is 10.5. The molecule has 0 aromatic heterocycles. The maximum Gasteiger partial charge on any atom is 0.340 e. The topological polar surface area (TPSA) is 64.6 Å². The number of nitrogens with one attached hydrogen (secondary N) is 1.